The van der Waals surface area contributed by atoms with E-state index in [-0.39, 0.29) is 18.2 Å². The molecule has 1 N–H and O–H groups in total. The summed E-state index contributed by atoms with van der Waals surface area (Å²) in [5.74, 6) is -0.190. The summed E-state index contributed by atoms with van der Waals surface area (Å²) in [6.07, 6.45) is 4.92. The lowest BCUT2D eigenvalue weighted by atomic mass is 10.3. The van der Waals surface area contributed by atoms with Crippen LogP contribution in [-0.4, -0.2) is 29.9 Å². The maximum atomic E-state index is 12.9. The summed E-state index contributed by atoms with van der Waals surface area (Å²) < 4.78 is 14.9. The third-order valence-electron chi connectivity index (χ3n) is 3.62. The van der Waals surface area contributed by atoms with Crippen LogP contribution in [-0.2, 0) is 0 Å². The average Bonchev–Trinajstić information content (AvgIpc) is 3.08. The Labute approximate surface area is 124 Å². The molecule has 108 valence electrons. The van der Waals surface area contributed by atoms with Crippen LogP contribution in [0.5, 0.6) is 0 Å². The van der Waals surface area contributed by atoms with Crippen molar-refractivity contribution in [3.8, 4) is 0 Å². The van der Waals surface area contributed by atoms with Crippen LogP contribution >= 0.6 is 12.4 Å². The van der Waals surface area contributed by atoms with Crippen molar-refractivity contribution in [3.05, 3.63) is 42.5 Å². The summed E-state index contributed by atoms with van der Waals surface area (Å²) in [6, 6.07) is 7.07. The molecule has 0 spiro atoms. The Hall–Kier alpha value is -1.75. The number of nitrogens with zero attached hydrogens (tertiary/aromatic N) is 3. The quantitative estimate of drug-likeness (QED) is 0.945. The van der Waals surface area contributed by atoms with Crippen molar-refractivity contribution in [2.24, 2.45) is 0 Å². The van der Waals surface area contributed by atoms with Gasteiger partial charge in [-0.1, -0.05) is 0 Å². The van der Waals surface area contributed by atoms with Crippen molar-refractivity contribution in [3.63, 3.8) is 0 Å². The molecule has 2 aromatic rings. The Balaban J connectivity index is 0.00000147. The van der Waals surface area contributed by atoms with Gasteiger partial charge in [0.1, 0.15) is 5.82 Å². The van der Waals surface area contributed by atoms with Gasteiger partial charge in [0.05, 0.1) is 17.9 Å². The second-order valence-corrected chi connectivity index (χ2v) is 4.82. The fourth-order valence-electron chi connectivity index (χ4n) is 2.51. The van der Waals surface area contributed by atoms with Gasteiger partial charge in [-0.05, 0) is 30.7 Å². The first-order chi connectivity index (χ1) is 9.26. The topological polar surface area (TPSA) is 33.1 Å². The minimum Gasteiger partial charge on any atom is -0.386 e. The second kappa shape index (κ2) is 6.13. The summed E-state index contributed by atoms with van der Waals surface area (Å²) in [5.41, 5.74) is 2.10. The molecule has 0 radical (unpaired) electrons. The molecular weight excluding hydrogens is 279 g/mol. The summed E-state index contributed by atoms with van der Waals surface area (Å²) in [5, 5.41) is 7.46. The SMILES string of the molecule is CNc1cnn([C@H]2CCN(c3ccc(F)cc3)C2)c1.Cl. The fraction of sp³-hybridized carbons (Fsp3) is 0.357. The molecule has 1 aromatic heterocycles. The molecule has 1 aliphatic rings. The number of benzene rings is 1. The average molecular weight is 297 g/mol. The van der Waals surface area contributed by atoms with Crippen molar-refractivity contribution in [2.75, 3.05) is 30.4 Å². The van der Waals surface area contributed by atoms with E-state index in [0.29, 0.717) is 6.04 Å². The van der Waals surface area contributed by atoms with E-state index in [9.17, 15) is 4.39 Å². The van der Waals surface area contributed by atoms with E-state index < -0.39 is 0 Å². The number of hydrogen-bond acceptors (Lipinski definition) is 3. The highest BCUT2D eigenvalue weighted by Gasteiger charge is 2.24. The molecule has 6 heteroatoms. The minimum absolute atomic E-state index is 0. The van der Waals surface area contributed by atoms with Crippen molar-refractivity contribution in [1.29, 1.82) is 0 Å². The first-order valence-corrected chi connectivity index (χ1v) is 6.48. The van der Waals surface area contributed by atoms with Gasteiger partial charge in [-0.25, -0.2) is 4.39 Å². The van der Waals surface area contributed by atoms with Gasteiger partial charge in [-0.2, -0.15) is 5.10 Å². The van der Waals surface area contributed by atoms with Gasteiger partial charge < -0.3 is 10.2 Å². The Bertz CT molecular complexity index is 555. The lowest BCUT2D eigenvalue weighted by molar-refractivity contribution is 0.495. The summed E-state index contributed by atoms with van der Waals surface area (Å²) in [4.78, 5) is 2.27. The van der Waals surface area contributed by atoms with E-state index in [1.165, 1.54) is 12.1 Å². The lowest BCUT2D eigenvalue weighted by Gasteiger charge is -2.18. The normalized spacial score (nSPS) is 17.9. The Morgan fingerprint density at radius 1 is 1.30 bits per heavy atom. The Kier molecular flexibility index (Phi) is 4.49. The van der Waals surface area contributed by atoms with Crippen molar-refractivity contribution >= 4 is 23.8 Å². The molecule has 4 nitrogen and oxygen atoms in total. The van der Waals surface area contributed by atoms with Gasteiger partial charge in [-0.3, -0.25) is 4.68 Å². The highest BCUT2D eigenvalue weighted by molar-refractivity contribution is 5.85. The van der Waals surface area contributed by atoms with E-state index in [4.69, 9.17) is 0 Å². The van der Waals surface area contributed by atoms with E-state index >= 15 is 0 Å². The molecule has 0 amide bonds. The van der Waals surface area contributed by atoms with E-state index in [2.05, 4.69) is 15.3 Å². The summed E-state index contributed by atoms with van der Waals surface area (Å²) >= 11 is 0. The molecule has 3 rings (SSSR count). The Morgan fingerprint density at radius 2 is 2.05 bits per heavy atom. The number of anilines is 2. The van der Waals surface area contributed by atoms with Gasteiger partial charge in [0.15, 0.2) is 0 Å². The minimum atomic E-state index is -0.190. The molecule has 1 saturated heterocycles. The molecule has 0 saturated carbocycles. The van der Waals surface area contributed by atoms with Crippen LogP contribution in [0.1, 0.15) is 12.5 Å². The lowest BCUT2D eigenvalue weighted by Crippen LogP contribution is -2.20. The summed E-state index contributed by atoms with van der Waals surface area (Å²) in [6.45, 7) is 1.89. The van der Waals surface area contributed by atoms with Crippen LogP contribution in [0.2, 0.25) is 0 Å². The third kappa shape index (κ3) is 2.88. The van der Waals surface area contributed by atoms with Crippen LogP contribution in [0.25, 0.3) is 0 Å². The molecule has 1 atom stereocenters. The van der Waals surface area contributed by atoms with Crippen LogP contribution in [0.4, 0.5) is 15.8 Å². The molecule has 1 aromatic carbocycles. The standard InChI is InChI=1S/C14H17FN4.ClH/c1-16-12-8-17-19(9-12)14-6-7-18(10-14)13-4-2-11(15)3-5-13;/h2-5,8-9,14,16H,6-7,10H2,1H3;1H/t14-;/m0./s1. The monoisotopic (exact) mass is 296 g/mol. The van der Waals surface area contributed by atoms with Gasteiger partial charge in [-0.15, -0.1) is 12.4 Å². The smallest absolute Gasteiger partial charge is 0.123 e. The Morgan fingerprint density at radius 3 is 2.70 bits per heavy atom. The molecule has 0 bridgehead atoms. The van der Waals surface area contributed by atoms with Crippen molar-refractivity contribution < 1.29 is 4.39 Å². The van der Waals surface area contributed by atoms with Gasteiger partial charge in [0, 0.05) is 32.0 Å². The van der Waals surface area contributed by atoms with Crippen LogP contribution in [0, 0.1) is 5.82 Å². The highest BCUT2D eigenvalue weighted by Crippen LogP contribution is 2.27. The molecular formula is C14H18ClFN4. The number of rotatable bonds is 3. The van der Waals surface area contributed by atoms with Gasteiger partial charge in [0.2, 0.25) is 0 Å². The molecule has 1 aliphatic heterocycles. The van der Waals surface area contributed by atoms with Crippen molar-refractivity contribution in [1.82, 2.24) is 9.78 Å². The zero-order valence-electron chi connectivity index (χ0n) is 11.3. The van der Waals surface area contributed by atoms with Gasteiger partial charge >= 0.3 is 0 Å². The maximum absolute atomic E-state index is 12.9. The largest absolute Gasteiger partial charge is 0.386 e. The van der Waals surface area contributed by atoms with E-state index in [1.54, 1.807) is 0 Å². The number of hydrogen-bond donors (Lipinski definition) is 1. The zero-order chi connectivity index (χ0) is 13.2. The summed E-state index contributed by atoms with van der Waals surface area (Å²) in [7, 11) is 1.89. The molecule has 2 heterocycles. The van der Waals surface area contributed by atoms with E-state index in [0.717, 1.165) is 30.9 Å². The van der Waals surface area contributed by atoms with Gasteiger partial charge in [0.25, 0.3) is 0 Å². The molecule has 0 unspecified atom stereocenters. The predicted octanol–water partition coefficient (Wildman–Crippen LogP) is 2.94. The van der Waals surface area contributed by atoms with Crippen LogP contribution in [0.15, 0.2) is 36.7 Å². The second-order valence-electron chi connectivity index (χ2n) is 4.82. The molecule has 0 aliphatic carbocycles. The number of nitrogens with one attached hydrogen (secondary N) is 1. The maximum Gasteiger partial charge on any atom is 0.123 e. The van der Waals surface area contributed by atoms with Crippen LogP contribution < -0.4 is 10.2 Å². The number of halogens is 2. The van der Waals surface area contributed by atoms with Crippen LogP contribution in [0.3, 0.4) is 0 Å². The van der Waals surface area contributed by atoms with E-state index in [1.807, 2.05) is 36.3 Å². The number of aromatic nitrogens is 2. The fourth-order valence-corrected chi connectivity index (χ4v) is 2.51. The molecule has 1 fully saturated rings. The highest BCUT2D eigenvalue weighted by atomic mass is 35.5. The van der Waals surface area contributed by atoms with Crippen molar-refractivity contribution in [2.45, 2.75) is 12.5 Å². The first kappa shape index (κ1) is 14.7. The molecule has 20 heavy (non-hydrogen) atoms. The predicted molar refractivity (Wildman–Crippen MR) is 81.3 cm³/mol. The zero-order valence-corrected chi connectivity index (χ0v) is 12.1. The first-order valence-electron chi connectivity index (χ1n) is 6.48. The third-order valence-corrected chi connectivity index (χ3v) is 3.62.